The maximum atomic E-state index is 11.8. The quantitative estimate of drug-likeness (QED) is 0.883. The summed E-state index contributed by atoms with van der Waals surface area (Å²) in [5.41, 5.74) is 8.84. The molecule has 4 nitrogen and oxygen atoms in total. The number of nitrogens with zero attached hydrogens (tertiary/aromatic N) is 1. The van der Waals surface area contributed by atoms with Crippen molar-refractivity contribution in [1.82, 2.24) is 4.90 Å². The molecule has 0 radical (unpaired) electrons. The van der Waals surface area contributed by atoms with Crippen molar-refractivity contribution < 1.29 is 9.53 Å². The van der Waals surface area contributed by atoms with Gasteiger partial charge in [0.05, 0.1) is 13.2 Å². The Hall–Kier alpha value is -1.55. The Morgan fingerprint density at radius 2 is 2.06 bits per heavy atom. The zero-order chi connectivity index (χ0) is 13.9. The van der Waals surface area contributed by atoms with Gasteiger partial charge in [-0.15, -0.1) is 0 Å². The summed E-state index contributed by atoms with van der Waals surface area (Å²) in [4.78, 5) is 13.4. The summed E-state index contributed by atoms with van der Waals surface area (Å²) in [6.45, 7) is 6.23. The number of nitrogens with two attached hydrogens (primary N) is 1. The van der Waals surface area contributed by atoms with Crippen LogP contribution in [0.3, 0.4) is 0 Å². The summed E-state index contributed by atoms with van der Waals surface area (Å²) >= 11 is 0. The lowest BCUT2D eigenvalue weighted by atomic mass is 10.0. The van der Waals surface area contributed by atoms with Gasteiger partial charge in [-0.1, -0.05) is 17.7 Å². The van der Waals surface area contributed by atoms with E-state index < -0.39 is 6.04 Å². The van der Waals surface area contributed by atoms with Crippen LogP contribution in [0, 0.1) is 13.8 Å². The first-order chi connectivity index (χ1) is 8.36. The second-order valence-electron chi connectivity index (χ2n) is 4.76. The van der Waals surface area contributed by atoms with Crippen LogP contribution >= 0.6 is 0 Å². The molecule has 0 aliphatic carbocycles. The van der Waals surface area contributed by atoms with Gasteiger partial charge >= 0.3 is 0 Å². The molecule has 2 N–H and O–H groups in total. The van der Waals surface area contributed by atoms with Gasteiger partial charge in [-0.3, -0.25) is 4.79 Å². The van der Waals surface area contributed by atoms with Crippen molar-refractivity contribution in [2.45, 2.75) is 33.4 Å². The summed E-state index contributed by atoms with van der Waals surface area (Å²) in [6, 6.07) is 3.62. The van der Waals surface area contributed by atoms with Gasteiger partial charge in [0.1, 0.15) is 5.75 Å². The molecule has 0 spiro atoms. The molecule has 1 aromatic rings. The predicted octanol–water partition coefficient (Wildman–Crippen LogP) is 1.62. The fourth-order valence-electron chi connectivity index (χ4n) is 2.13. The van der Waals surface area contributed by atoms with E-state index in [9.17, 15) is 4.79 Å². The highest BCUT2D eigenvalue weighted by atomic mass is 16.5. The fraction of sp³-hybridized carbons (Fsp3) is 0.500. The molecule has 0 aliphatic heterocycles. The van der Waals surface area contributed by atoms with E-state index in [2.05, 4.69) is 6.07 Å². The summed E-state index contributed by atoms with van der Waals surface area (Å²) in [5, 5.41) is 0. The molecule has 100 valence electrons. The number of likely N-dealkylation sites (N-methyl/N-ethyl adjacent to an activating group) is 1. The first-order valence-corrected chi connectivity index (χ1v) is 6.01. The predicted molar refractivity (Wildman–Crippen MR) is 72.6 cm³/mol. The maximum absolute atomic E-state index is 11.8. The second-order valence-corrected chi connectivity index (χ2v) is 4.76. The van der Waals surface area contributed by atoms with Gasteiger partial charge in [0.15, 0.2) is 0 Å². The molecule has 1 rings (SSSR count). The lowest BCUT2D eigenvalue weighted by molar-refractivity contribution is -0.131. The number of rotatable bonds is 4. The Morgan fingerprint density at radius 1 is 1.44 bits per heavy atom. The van der Waals surface area contributed by atoms with E-state index in [4.69, 9.17) is 10.5 Å². The highest BCUT2D eigenvalue weighted by molar-refractivity contribution is 5.81. The Bertz CT molecular complexity index is 442. The maximum Gasteiger partial charge on any atom is 0.239 e. The van der Waals surface area contributed by atoms with Crippen LogP contribution in [0.5, 0.6) is 5.75 Å². The SMILES string of the molecule is COc1c(C)cc(C)cc1CN(C)C(=O)C(C)N. The zero-order valence-corrected chi connectivity index (χ0v) is 11.8. The number of benzene rings is 1. The number of ether oxygens (including phenoxy) is 1. The zero-order valence-electron chi connectivity index (χ0n) is 11.8. The average Bonchev–Trinajstić information content (AvgIpc) is 2.27. The molecule has 0 heterocycles. The molecule has 1 unspecified atom stereocenters. The molecule has 0 saturated carbocycles. The fourth-order valence-corrected chi connectivity index (χ4v) is 2.13. The number of carbonyl (C=O) groups is 1. The first kappa shape index (κ1) is 14.5. The van der Waals surface area contributed by atoms with Gasteiger partial charge in [0.2, 0.25) is 5.91 Å². The Balaban J connectivity index is 3.00. The number of carbonyl (C=O) groups excluding carboxylic acids is 1. The number of hydrogen-bond donors (Lipinski definition) is 1. The van der Waals surface area contributed by atoms with Crippen LogP contribution in [0.2, 0.25) is 0 Å². The molecule has 0 aromatic heterocycles. The van der Waals surface area contributed by atoms with Crippen LogP contribution in [0.4, 0.5) is 0 Å². The monoisotopic (exact) mass is 250 g/mol. The van der Waals surface area contributed by atoms with Crippen LogP contribution in [0.25, 0.3) is 0 Å². The van der Waals surface area contributed by atoms with Gasteiger partial charge in [-0.05, 0) is 26.3 Å². The van der Waals surface area contributed by atoms with Crippen LogP contribution in [0.1, 0.15) is 23.6 Å². The van der Waals surface area contributed by atoms with E-state index >= 15 is 0 Å². The molecular weight excluding hydrogens is 228 g/mol. The second kappa shape index (κ2) is 5.87. The largest absolute Gasteiger partial charge is 0.496 e. The van der Waals surface area contributed by atoms with E-state index in [1.165, 1.54) is 0 Å². The van der Waals surface area contributed by atoms with Crippen LogP contribution in [0.15, 0.2) is 12.1 Å². The molecule has 0 aliphatic rings. The van der Waals surface area contributed by atoms with Crippen molar-refractivity contribution in [2.24, 2.45) is 5.73 Å². The average molecular weight is 250 g/mol. The van der Waals surface area contributed by atoms with Crippen LogP contribution in [-0.4, -0.2) is 31.0 Å². The highest BCUT2D eigenvalue weighted by Gasteiger charge is 2.16. The third-order valence-corrected chi connectivity index (χ3v) is 2.87. The van der Waals surface area contributed by atoms with Crippen LogP contribution in [-0.2, 0) is 11.3 Å². The lowest BCUT2D eigenvalue weighted by Gasteiger charge is -2.21. The van der Waals surface area contributed by atoms with Crippen molar-refractivity contribution in [2.75, 3.05) is 14.2 Å². The summed E-state index contributed by atoms with van der Waals surface area (Å²) in [6.07, 6.45) is 0. The Labute approximate surface area is 109 Å². The minimum atomic E-state index is -0.480. The minimum absolute atomic E-state index is 0.0730. The molecule has 18 heavy (non-hydrogen) atoms. The normalized spacial score (nSPS) is 12.1. The Kier molecular flexibility index (Phi) is 4.73. The number of aryl methyl sites for hydroxylation is 2. The lowest BCUT2D eigenvalue weighted by Crippen LogP contribution is -2.39. The smallest absolute Gasteiger partial charge is 0.239 e. The van der Waals surface area contributed by atoms with Crippen molar-refractivity contribution in [3.63, 3.8) is 0 Å². The van der Waals surface area contributed by atoms with Crippen LogP contribution < -0.4 is 10.5 Å². The molecule has 1 amide bonds. The van der Waals surface area contributed by atoms with E-state index in [0.717, 1.165) is 22.4 Å². The van der Waals surface area contributed by atoms with Crippen molar-refractivity contribution in [3.05, 3.63) is 28.8 Å². The third kappa shape index (κ3) is 3.23. The van der Waals surface area contributed by atoms with E-state index in [-0.39, 0.29) is 5.91 Å². The Morgan fingerprint density at radius 3 is 2.56 bits per heavy atom. The van der Waals surface area contributed by atoms with Gasteiger partial charge in [0, 0.05) is 19.2 Å². The van der Waals surface area contributed by atoms with E-state index in [1.54, 1.807) is 26.0 Å². The van der Waals surface area contributed by atoms with Gasteiger partial charge in [-0.25, -0.2) is 0 Å². The first-order valence-electron chi connectivity index (χ1n) is 6.01. The topological polar surface area (TPSA) is 55.6 Å². The van der Waals surface area contributed by atoms with Gasteiger partial charge in [-0.2, -0.15) is 0 Å². The molecule has 4 heteroatoms. The highest BCUT2D eigenvalue weighted by Crippen LogP contribution is 2.26. The van der Waals surface area contributed by atoms with Gasteiger partial charge < -0.3 is 15.4 Å². The minimum Gasteiger partial charge on any atom is -0.496 e. The molecule has 0 saturated heterocycles. The van der Waals surface area contributed by atoms with E-state index in [1.807, 2.05) is 19.9 Å². The van der Waals surface area contributed by atoms with Crippen molar-refractivity contribution >= 4 is 5.91 Å². The summed E-state index contributed by atoms with van der Waals surface area (Å²) in [5.74, 6) is 0.765. The number of methoxy groups -OCH3 is 1. The standard InChI is InChI=1S/C14H22N2O2/c1-9-6-10(2)13(18-5)12(7-9)8-16(4)14(17)11(3)15/h6-7,11H,8,15H2,1-5H3. The van der Waals surface area contributed by atoms with E-state index in [0.29, 0.717) is 6.54 Å². The molecule has 1 atom stereocenters. The summed E-state index contributed by atoms with van der Waals surface area (Å²) in [7, 11) is 3.40. The third-order valence-electron chi connectivity index (χ3n) is 2.87. The molecule has 0 bridgehead atoms. The molecule has 1 aromatic carbocycles. The molecule has 0 fully saturated rings. The number of amides is 1. The number of hydrogen-bond acceptors (Lipinski definition) is 3. The molecular formula is C14H22N2O2. The van der Waals surface area contributed by atoms with Crippen molar-refractivity contribution in [3.8, 4) is 5.75 Å². The summed E-state index contributed by atoms with van der Waals surface area (Å²) < 4.78 is 5.40. The van der Waals surface area contributed by atoms with Crippen molar-refractivity contribution in [1.29, 1.82) is 0 Å². The van der Waals surface area contributed by atoms with Gasteiger partial charge in [0.25, 0.3) is 0 Å².